The number of hydrogen-bond donors (Lipinski definition) is 0. The number of amides is 1. The molecule has 1 unspecified atom stereocenters. The predicted octanol–water partition coefficient (Wildman–Crippen LogP) is 4.66. The second-order valence-corrected chi connectivity index (χ2v) is 7.00. The van der Waals surface area contributed by atoms with Crippen molar-refractivity contribution in [3.63, 3.8) is 0 Å². The first-order valence-corrected chi connectivity index (χ1v) is 10.3. The fraction of sp³-hybridized carbons (Fsp3) is 0.240. The summed E-state index contributed by atoms with van der Waals surface area (Å²) in [6.45, 7) is 4.57. The van der Waals surface area contributed by atoms with E-state index in [1.54, 1.807) is 23.2 Å². The summed E-state index contributed by atoms with van der Waals surface area (Å²) in [7, 11) is 1.29. The monoisotopic (exact) mass is 434 g/mol. The van der Waals surface area contributed by atoms with Gasteiger partial charge in [-0.25, -0.2) is 4.79 Å². The van der Waals surface area contributed by atoms with Crippen molar-refractivity contribution in [2.45, 2.75) is 26.4 Å². The van der Waals surface area contributed by atoms with Gasteiger partial charge in [0.05, 0.1) is 38.3 Å². The molecule has 3 aromatic rings. The zero-order chi connectivity index (χ0) is 22.9. The van der Waals surface area contributed by atoms with Crippen LogP contribution in [0.2, 0.25) is 0 Å². The number of hydrogen-bond acceptors (Lipinski definition) is 6. The number of esters is 1. The highest BCUT2D eigenvalue weighted by molar-refractivity contribution is 5.92. The summed E-state index contributed by atoms with van der Waals surface area (Å²) in [5.41, 5.74) is 2.16. The number of ether oxygens (including phenoxy) is 2. The van der Waals surface area contributed by atoms with Gasteiger partial charge in [0.25, 0.3) is 0 Å². The number of rotatable bonds is 9. The molecule has 0 saturated heterocycles. The van der Waals surface area contributed by atoms with Crippen molar-refractivity contribution in [1.82, 2.24) is 9.88 Å². The maximum Gasteiger partial charge on any atom is 0.374 e. The van der Waals surface area contributed by atoms with Crippen LogP contribution in [0.4, 0.5) is 0 Å². The Balaban J connectivity index is 1.85. The third-order valence-electron chi connectivity index (χ3n) is 4.93. The first kappa shape index (κ1) is 22.8. The molecule has 0 aliphatic rings. The molecule has 0 fully saturated rings. The zero-order valence-electron chi connectivity index (χ0n) is 18.4. The SMILES string of the molecule is CCOc1ccc(C=CC(=O)N(Cc2ccoc2C(=O)OC)C(C)c2ccccn2)cc1. The van der Waals surface area contributed by atoms with Crippen molar-refractivity contribution in [1.29, 1.82) is 0 Å². The van der Waals surface area contributed by atoms with Gasteiger partial charge >= 0.3 is 5.97 Å². The standard InChI is InChI=1S/C25H26N2O5/c1-4-31-21-11-8-19(9-12-21)10-13-23(28)27(18(2)22-7-5-6-15-26-22)17-20-14-16-32-24(20)25(29)30-3/h5-16,18H,4,17H2,1-3H3. The van der Waals surface area contributed by atoms with Crippen LogP contribution >= 0.6 is 0 Å². The minimum atomic E-state index is -0.590. The molecule has 2 aromatic heterocycles. The Hall–Kier alpha value is -3.87. The van der Waals surface area contributed by atoms with E-state index in [2.05, 4.69) is 4.98 Å². The van der Waals surface area contributed by atoms with E-state index in [0.29, 0.717) is 12.2 Å². The number of nitrogens with zero attached hydrogens (tertiary/aromatic N) is 2. The molecule has 0 aliphatic carbocycles. The minimum Gasteiger partial charge on any atom is -0.494 e. The van der Waals surface area contributed by atoms with Crippen LogP contribution in [0.5, 0.6) is 5.75 Å². The molecule has 0 saturated carbocycles. The van der Waals surface area contributed by atoms with Gasteiger partial charge in [-0.05, 0) is 55.8 Å². The van der Waals surface area contributed by atoms with Gasteiger partial charge in [-0.15, -0.1) is 0 Å². The molecule has 7 heteroatoms. The third kappa shape index (κ3) is 5.63. The zero-order valence-corrected chi connectivity index (χ0v) is 18.4. The number of aromatic nitrogens is 1. The van der Waals surface area contributed by atoms with E-state index in [4.69, 9.17) is 13.9 Å². The minimum absolute atomic E-state index is 0.0778. The smallest absolute Gasteiger partial charge is 0.374 e. The maximum absolute atomic E-state index is 13.2. The fourth-order valence-corrected chi connectivity index (χ4v) is 3.21. The van der Waals surface area contributed by atoms with Crippen LogP contribution in [0.15, 0.2) is 71.5 Å². The molecule has 0 spiro atoms. The molecular formula is C25H26N2O5. The Labute approximate surface area is 187 Å². The number of carbonyl (C=O) groups excluding carboxylic acids is 2. The number of benzene rings is 1. The molecule has 0 aliphatic heterocycles. The first-order chi connectivity index (χ1) is 15.5. The van der Waals surface area contributed by atoms with E-state index in [1.165, 1.54) is 19.4 Å². The van der Waals surface area contributed by atoms with Crippen molar-refractivity contribution in [2.24, 2.45) is 0 Å². The van der Waals surface area contributed by atoms with E-state index in [9.17, 15) is 9.59 Å². The van der Waals surface area contributed by atoms with Crippen LogP contribution in [0.25, 0.3) is 6.08 Å². The molecule has 32 heavy (non-hydrogen) atoms. The highest BCUT2D eigenvalue weighted by Crippen LogP contribution is 2.24. The van der Waals surface area contributed by atoms with Gasteiger partial charge < -0.3 is 18.8 Å². The van der Waals surface area contributed by atoms with Crippen LogP contribution in [0.1, 0.15) is 47.3 Å². The highest BCUT2D eigenvalue weighted by atomic mass is 16.5. The summed E-state index contributed by atoms with van der Waals surface area (Å²) < 4.78 is 15.5. The second-order valence-electron chi connectivity index (χ2n) is 7.00. The lowest BCUT2D eigenvalue weighted by atomic mass is 10.1. The second kappa shape index (κ2) is 10.9. The Morgan fingerprint density at radius 3 is 2.59 bits per heavy atom. The third-order valence-corrected chi connectivity index (χ3v) is 4.93. The lowest BCUT2D eigenvalue weighted by molar-refractivity contribution is -0.128. The van der Waals surface area contributed by atoms with Gasteiger partial charge in [-0.1, -0.05) is 18.2 Å². The number of furan rings is 1. The summed E-state index contributed by atoms with van der Waals surface area (Å²) in [6, 6.07) is 14.3. The lowest BCUT2D eigenvalue weighted by Gasteiger charge is -2.28. The van der Waals surface area contributed by atoms with Crippen LogP contribution in [0, 0.1) is 0 Å². The summed E-state index contributed by atoms with van der Waals surface area (Å²) in [5.74, 6) is 0.0348. The topological polar surface area (TPSA) is 81.9 Å². The Morgan fingerprint density at radius 1 is 1.16 bits per heavy atom. The Bertz CT molecular complexity index is 1060. The molecule has 166 valence electrons. The summed E-state index contributed by atoms with van der Waals surface area (Å²) in [6.07, 6.45) is 6.34. The van der Waals surface area contributed by atoms with Crippen molar-refractivity contribution < 1.29 is 23.5 Å². The van der Waals surface area contributed by atoms with Crippen LogP contribution in [-0.2, 0) is 16.1 Å². The summed E-state index contributed by atoms with van der Waals surface area (Å²) in [4.78, 5) is 31.2. The number of methoxy groups -OCH3 is 1. The van der Waals surface area contributed by atoms with Crippen molar-refractivity contribution in [3.05, 3.63) is 89.6 Å². The van der Waals surface area contributed by atoms with Crippen LogP contribution in [-0.4, -0.2) is 35.5 Å². The number of pyridine rings is 1. The van der Waals surface area contributed by atoms with Crippen LogP contribution in [0.3, 0.4) is 0 Å². The highest BCUT2D eigenvalue weighted by Gasteiger charge is 2.25. The van der Waals surface area contributed by atoms with Gasteiger partial charge in [0.1, 0.15) is 5.75 Å². The van der Waals surface area contributed by atoms with E-state index >= 15 is 0 Å². The van der Waals surface area contributed by atoms with E-state index in [1.807, 2.05) is 56.3 Å². The largest absolute Gasteiger partial charge is 0.494 e. The normalized spacial score (nSPS) is 11.8. The molecule has 1 aromatic carbocycles. The Kier molecular flexibility index (Phi) is 7.80. The summed E-state index contributed by atoms with van der Waals surface area (Å²) in [5, 5.41) is 0. The average Bonchev–Trinajstić information content (AvgIpc) is 3.30. The average molecular weight is 434 g/mol. The summed E-state index contributed by atoms with van der Waals surface area (Å²) >= 11 is 0. The molecule has 1 atom stereocenters. The van der Waals surface area contributed by atoms with Gasteiger partial charge in [0.2, 0.25) is 11.7 Å². The molecule has 0 radical (unpaired) electrons. The Morgan fingerprint density at radius 2 is 1.94 bits per heavy atom. The fourth-order valence-electron chi connectivity index (χ4n) is 3.21. The van der Waals surface area contributed by atoms with E-state index in [0.717, 1.165) is 17.0 Å². The molecule has 1 amide bonds. The van der Waals surface area contributed by atoms with Crippen molar-refractivity contribution in [2.75, 3.05) is 13.7 Å². The van der Waals surface area contributed by atoms with Crippen molar-refractivity contribution in [3.8, 4) is 5.75 Å². The molecular weight excluding hydrogens is 408 g/mol. The quantitative estimate of drug-likeness (QED) is 0.360. The van der Waals surface area contributed by atoms with Gasteiger partial charge in [-0.3, -0.25) is 9.78 Å². The predicted molar refractivity (Wildman–Crippen MR) is 120 cm³/mol. The maximum atomic E-state index is 13.2. The molecule has 0 N–H and O–H groups in total. The molecule has 0 bridgehead atoms. The molecule has 2 heterocycles. The first-order valence-electron chi connectivity index (χ1n) is 10.3. The van der Waals surface area contributed by atoms with Gasteiger partial charge in [0, 0.05) is 17.8 Å². The van der Waals surface area contributed by atoms with E-state index < -0.39 is 5.97 Å². The van der Waals surface area contributed by atoms with Crippen molar-refractivity contribution >= 4 is 18.0 Å². The van der Waals surface area contributed by atoms with Crippen LogP contribution < -0.4 is 4.74 Å². The van der Waals surface area contributed by atoms with Gasteiger partial charge in [0.15, 0.2) is 0 Å². The lowest BCUT2D eigenvalue weighted by Crippen LogP contribution is -2.32. The molecule has 3 rings (SSSR count). The number of carbonyl (C=O) groups is 2. The molecule has 7 nitrogen and oxygen atoms in total. The van der Waals surface area contributed by atoms with Gasteiger partial charge in [-0.2, -0.15) is 0 Å². The van der Waals surface area contributed by atoms with E-state index in [-0.39, 0.29) is 24.3 Å².